The highest BCUT2D eigenvalue weighted by atomic mass is 35.5. The number of carbonyl (C=O) groups is 1. The molecule has 4 heterocycles. The molecular weight excluding hydrogens is 473 g/mol. The predicted octanol–water partition coefficient (Wildman–Crippen LogP) is 3.89. The molecule has 178 valence electrons. The lowest BCUT2D eigenvalue weighted by Gasteiger charge is -2.33. The molecule has 1 fully saturated rings. The number of halogens is 2. The summed E-state index contributed by atoms with van der Waals surface area (Å²) in [7, 11) is 1.84. The number of aromatic nitrogens is 5. The molecule has 0 radical (unpaired) electrons. The molecule has 3 aromatic heterocycles. The number of nitrogens with zero attached hydrogens (tertiary/aromatic N) is 6. The molecule has 0 bridgehead atoms. The number of hydrogen-bond acceptors (Lipinski definition) is 7. The Kier molecular flexibility index (Phi) is 6.39. The maximum atomic E-state index is 14.8. The van der Waals surface area contributed by atoms with Crippen LogP contribution >= 0.6 is 11.6 Å². The van der Waals surface area contributed by atoms with E-state index in [1.165, 1.54) is 18.3 Å². The van der Waals surface area contributed by atoms with E-state index in [4.69, 9.17) is 16.3 Å². The largest absolute Gasteiger partial charge is 0.370 e. The molecule has 35 heavy (non-hydrogen) atoms. The second-order valence-electron chi connectivity index (χ2n) is 8.01. The van der Waals surface area contributed by atoms with Gasteiger partial charge in [0.1, 0.15) is 23.4 Å². The van der Waals surface area contributed by atoms with Crippen molar-refractivity contribution in [3.63, 3.8) is 0 Å². The minimum atomic E-state index is -0.580. The summed E-state index contributed by atoms with van der Waals surface area (Å²) in [5.74, 6) is -0.479. The molecule has 1 aliphatic rings. The molecule has 0 aliphatic carbocycles. The van der Waals surface area contributed by atoms with Crippen LogP contribution in [0.25, 0.3) is 11.4 Å². The Labute approximate surface area is 205 Å². The zero-order chi connectivity index (χ0) is 24.4. The van der Waals surface area contributed by atoms with Crippen LogP contribution in [0.2, 0.25) is 5.02 Å². The van der Waals surface area contributed by atoms with Crippen LogP contribution < -0.4 is 10.2 Å². The van der Waals surface area contributed by atoms with Gasteiger partial charge in [-0.2, -0.15) is 5.10 Å². The maximum absolute atomic E-state index is 14.8. The molecule has 5 rings (SSSR count). The Bertz CT molecular complexity index is 1370. The van der Waals surface area contributed by atoms with Crippen molar-refractivity contribution >= 4 is 29.0 Å². The number of nitrogens with one attached hydrogen (secondary N) is 1. The topological polar surface area (TPSA) is 98.1 Å². The second-order valence-corrected chi connectivity index (χ2v) is 8.44. The van der Waals surface area contributed by atoms with Crippen LogP contribution in [-0.4, -0.2) is 50.3 Å². The average molecular weight is 494 g/mol. The van der Waals surface area contributed by atoms with Crippen LogP contribution in [0.5, 0.6) is 0 Å². The third-order valence-electron chi connectivity index (χ3n) is 5.52. The molecule has 0 spiro atoms. The van der Waals surface area contributed by atoms with E-state index >= 15 is 0 Å². The number of ether oxygens (including phenoxy) is 1. The van der Waals surface area contributed by atoms with Crippen molar-refractivity contribution < 1.29 is 13.9 Å². The van der Waals surface area contributed by atoms with E-state index < -0.39 is 11.7 Å². The molecule has 1 aliphatic heterocycles. The van der Waals surface area contributed by atoms with Gasteiger partial charge in [0, 0.05) is 49.2 Å². The van der Waals surface area contributed by atoms with Gasteiger partial charge in [-0.1, -0.05) is 11.6 Å². The van der Waals surface area contributed by atoms with Crippen LogP contribution in [0, 0.1) is 5.82 Å². The highest BCUT2D eigenvalue weighted by molar-refractivity contribution is 6.30. The van der Waals surface area contributed by atoms with Crippen LogP contribution in [0.3, 0.4) is 0 Å². The van der Waals surface area contributed by atoms with Crippen molar-refractivity contribution in [1.29, 1.82) is 0 Å². The van der Waals surface area contributed by atoms with Gasteiger partial charge in [0.15, 0.2) is 5.82 Å². The fraction of sp³-hybridized carbons (Fsp3) is 0.208. The van der Waals surface area contributed by atoms with E-state index in [-0.39, 0.29) is 28.2 Å². The summed E-state index contributed by atoms with van der Waals surface area (Å²) < 4.78 is 22.4. The molecule has 1 unspecified atom stereocenters. The van der Waals surface area contributed by atoms with Gasteiger partial charge in [-0.15, -0.1) is 0 Å². The Morgan fingerprint density at radius 3 is 2.86 bits per heavy atom. The first-order chi connectivity index (χ1) is 17.0. The number of morpholine rings is 1. The first-order valence-corrected chi connectivity index (χ1v) is 11.2. The van der Waals surface area contributed by atoms with E-state index in [0.717, 1.165) is 5.56 Å². The van der Waals surface area contributed by atoms with E-state index in [2.05, 4.69) is 25.4 Å². The Morgan fingerprint density at radius 1 is 1.23 bits per heavy atom. The van der Waals surface area contributed by atoms with E-state index in [0.29, 0.717) is 31.2 Å². The molecule has 11 heteroatoms. The van der Waals surface area contributed by atoms with Crippen molar-refractivity contribution in [3.8, 4) is 11.4 Å². The molecule has 1 saturated heterocycles. The number of carbonyl (C=O) groups excluding carboxylic acids is 1. The van der Waals surface area contributed by atoms with Gasteiger partial charge in [0.05, 0.1) is 30.3 Å². The number of hydrogen-bond donors (Lipinski definition) is 1. The summed E-state index contributed by atoms with van der Waals surface area (Å²) in [6.45, 7) is 1.47. The average Bonchev–Trinajstić information content (AvgIpc) is 3.31. The molecule has 4 aromatic rings. The minimum Gasteiger partial charge on any atom is -0.370 e. The van der Waals surface area contributed by atoms with Crippen molar-refractivity contribution in [2.45, 2.75) is 6.10 Å². The molecule has 1 amide bonds. The third-order valence-corrected chi connectivity index (χ3v) is 5.76. The van der Waals surface area contributed by atoms with Crippen LogP contribution in [-0.2, 0) is 11.8 Å². The van der Waals surface area contributed by atoms with Gasteiger partial charge in [0.2, 0.25) is 0 Å². The first-order valence-electron chi connectivity index (χ1n) is 10.9. The summed E-state index contributed by atoms with van der Waals surface area (Å²) >= 11 is 5.93. The zero-order valence-corrected chi connectivity index (χ0v) is 19.5. The summed E-state index contributed by atoms with van der Waals surface area (Å²) in [4.78, 5) is 28.0. The monoisotopic (exact) mass is 493 g/mol. The van der Waals surface area contributed by atoms with Crippen molar-refractivity contribution in [1.82, 2.24) is 24.7 Å². The second kappa shape index (κ2) is 9.77. The Balaban J connectivity index is 1.51. The fourth-order valence-corrected chi connectivity index (χ4v) is 3.96. The van der Waals surface area contributed by atoms with Gasteiger partial charge in [-0.05, 0) is 30.3 Å². The van der Waals surface area contributed by atoms with Crippen LogP contribution in [0.4, 0.5) is 15.9 Å². The zero-order valence-electron chi connectivity index (χ0n) is 18.7. The molecule has 1 N–H and O–H groups in total. The van der Waals surface area contributed by atoms with Gasteiger partial charge in [-0.3, -0.25) is 14.5 Å². The third kappa shape index (κ3) is 5.13. The number of amides is 1. The Hall–Kier alpha value is -3.89. The predicted molar refractivity (Wildman–Crippen MR) is 129 cm³/mol. The number of aryl methyl sites for hydroxylation is 1. The SMILES string of the molecule is Cn1cc(C2CN(c3cc(C(=O)Nc4cccnc4)nc(-c4ccc(Cl)cc4F)n3)CCO2)cn1. The summed E-state index contributed by atoms with van der Waals surface area (Å²) in [6.07, 6.45) is 6.57. The van der Waals surface area contributed by atoms with Crippen LogP contribution in [0.1, 0.15) is 22.2 Å². The maximum Gasteiger partial charge on any atom is 0.274 e. The fourth-order valence-electron chi connectivity index (χ4n) is 3.80. The van der Waals surface area contributed by atoms with Gasteiger partial charge in [-0.25, -0.2) is 14.4 Å². The summed E-state index contributed by atoms with van der Waals surface area (Å²) in [5.41, 5.74) is 1.68. The van der Waals surface area contributed by atoms with Gasteiger partial charge < -0.3 is 15.0 Å². The summed E-state index contributed by atoms with van der Waals surface area (Å²) in [6, 6.07) is 9.26. The van der Waals surface area contributed by atoms with E-state index in [1.54, 1.807) is 41.3 Å². The first kappa shape index (κ1) is 22.9. The van der Waals surface area contributed by atoms with Gasteiger partial charge in [0.25, 0.3) is 5.91 Å². The number of benzene rings is 1. The number of anilines is 2. The number of pyridine rings is 1. The number of rotatable bonds is 5. The van der Waals surface area contributed by atoms with Crippen LogP contribution in [0.15, 0.2) is 61.2 Å². The van der Waals surface area contributed by atoms with Crippen molar-refractivity contribution in [3.05, 3.63) is 83.3 Å². The Morgan fingerprint density at radius 2 is 2.11 bits per heavy atom. The lowest BCUT2D eigenvalue weighted by atomic mass is 10.1. The van der Waals surface area contributed by atoms with E-state index in [1.807, 2.05) is 18.1 Å². The molecular formula is C24H21ClFN7O2. The minimum absolute atomic E-state index is 0.0809. The quantitative estimate of drug-likeness (QED) is 0.450. The molecule has 1 atom stereocenters. The smallest absolute Gasteiger partial charge is 0.274 e. The normalized spacial score (nSPS) is 15.7. The van der Waals surface area contributed by atoms with Crippen molar-refractivity contribution in [2.24, 2.45) is 7.05 Å². The molecule has 0 saturated carbocycles. The lowest BCUT2D eigenvalue weighted by molar-refractivity contribution is 0.0395. The van der Waals surface area contributed by atoms with Gasteiger partial charge >= 0.3 is 0 Å². The highest BCUT2D eigenvalue weighted by Gasteiger charge is 2.26. The standard InChI is InChI=1S/C24H21ClFN7O2/c1-32-13-15(11-28-32)21-14-33(7-8-35-21)22-10-20(24(34)29-17-3-2-6-27-12-17)30-23(31-22)18-5-4-16(25)9-19(18)26/h2-6,9-13,21H,7-8,14H2,1H3,(H,29,34). The molecule has 1 aromatic carbocycles. The van der Waals surface area contributed by atoms with Crippen molar-refractivity contribution in [2.75, 3.05) is 29.9 Å². The van der Waals surface area contributed by atoms with E-state index in [9.17, 15) is 9.18 Å². The molecule has 9 nitrogen and oxygen atoms in total. The highest BCUT2D eigenvalue weighted by Crippen LogP contribution is 2.29. The lowest BCUT2D eigenvalue weighted by Crippen LogP contribution is -2.39. The summed E-state index contributed by atoms with van der Waals surface area (Å²) in [5, 5.41) is 7.24.